The number of amides is 1. The van der Waals surface area contributed by atoms with E-state index in [-0.39, 0.29) is 5.41 Å². The second-order valence-electron chi connectivity index (χ2n) is 5.54. The molecule has 92 valence electrons. The highest BCUT2D eigenvalue weighted by Crippen LogP contribution is 2.40. The Hall–Kier alpha value is -0.0500. The van der Waals surface area contributed by atoms with Crippen molar-refractivity contribution in [2.45, 2.75) is 57.9 Å². The van der Waals surface area contributed by atoms with Gasteiger partial charge in [-0.2, -0.15) is 0 Å². The largest absolute Gasteiger partial charge is 0.338 e. The fraction of sp³-hybridized carbons (Fsp3) is 0.923. The molecule has 2 saturated carbocycles. The number of alkyl halides is 1. The van der Waals surface area contributed by atoms with Crippen molar-refractivity contribution in [1.29, 1.82) is 0 Å². The quantitative estimate of drug-likeness (QED) is 0.727. The summed E-state index contributed by atoms with van der Waals surface area (Å²) in [4.78, 5) is 14.7. The van der Waals surface area contributed by atoms with Crippen molar-refractivity contribution >= 4 is 21.8 Å². The molecule has 0 aromatic heterocycles. The van der Waals surface area contributed by atoms with E-state index in [1.807, 2.05) is 0 Å². The Labute approximate surface area is 107 Å². The van der Waals surface area contributed by atoms with E-state index < -0.39 is 0 Å². The van der Waals surface area contributed by atoms with Crippen LogP contribution in [0.5, 0.6) is 0 Å². The zero-order valence-electron chi connectivity index (χ0n) is 10.2. The van der Waals surface area contributed by atoms with E-state index in [4.69, 9.17) is 0 Å². The number of hydrogen-bond donors (Lipinski definition) is 0. The van der Waals surface area contributed by atoms with Crippen LogP contribution in [0.3, 0.4) is 0 Å². The number of carbonyl (C=O) groups is 1. The Kier molecular flexibility index (Phi) is 3.93. The van der Waals surface area contributed by atoms with E-state index in [0.29, 0.717) is 11.9 Å². The molecule has 0 aromatic carbocycles. The molecule has 2 aliphatic carbocycles. The summed E-state index contributed by atoms with van der Waals surface area (Å²) in [6.07, 6.45) is 8.40. The first kappa shape index (κ1) is 12.4. The average molecular weight is 288 g/mol. The minimum absolute atomic E-state index is 0.0526. The summed E-state index contributed by atoms with van der Waals surface area (Å²) in [6.45, 7) is 3.07. The molecule has 0 aliphatic heterocycles. The molecule has 2 rings (SSSR count). The lowest BCUT2D eigenvalue weighted by atomic mass is 9.74. The van der Waals surface area contributed by atoms with Crippen LogP contribution in [0.25, 0.3) is 0 Å². The standard InChI is InChI=1S/C13H22BrNO/c1-13(7-3-2-4-8-13)12(16)15(10-9-14)11-5-6-11/h11H,2-10H2,1H3. The summed E-state index contributed by atoms with van der Waals surface area (Å²) in [7, 11) is 0. The summed E-state index contributed by atoms with van der Waals surface area (Å²) >= 11 is 3.46. The van der Waals surface area contributed by atoms with E-state index in [1.54, 1.807) is 0 Å². The first-order chi connectivity index (χ1) is 7.67. The van der Waals surface area contributed by atoms with Gasteiger partial charge in [0.05, 0.1) is 0 Å². The van der Waals surface area contributed by atoms with Gasteiger partial charge >= 0.3 is 0 Å². The Morgan fingerprint density at radius 2 is 1.94 bits per heavy atom. The van der Waals surface area contributed by atoms with Gasteiger partial charge in [0, 0.05) is 23.3 Å². The van der Waals surface area contributed by atoms with Crippen molar-refractivity contribution in [3.8, 4) is 0 Å². The molecular formula is C13H22BrNO. The molecule has 0 heterocycles. The highest BCUT2D eigenvalue weighted by atomic mass is 79.9. The number of rotatable bonds is 4. The minimum atomic E-state index is -0.0526. The summed E-state index contributed by atoms with van der Waals surface area (Å²) < 4.78 is 0. The second-order valence-corrected chi connectivity index (χ2v) is 6.33. The van der Waals surface area contributed by atoms with Crippen LogP contribution in [0, 0.1) is 5.41 Å². The molecule has 16 heavy (non-hydrogen) atoms. The first-order valence-electron chi connectivity index (χ1n) is 6.54. The van der Waals surface area contributed by atoms with Crippen LogP contribution < -0.4 is 0 Å². The van der Waals surface area contributed by atoms with E-state index in [0.717, 1.165) is 24.7 Å². The second kappa shape index (κ2) is 5.07. The zero-order chi connectivity index (χ0) is 11.6. The predicted molar refractivity (Wildman–Crippen MR) is 69.7 cm³/mol. The van der Waals surface area contributed by atoms with Crippen molar-refractivity contribution in [3.05, 3.63) is 0 Å². The van der Waals surface area contributed by atoms with Crippen molar-refractivity contribution in [2.75, 3.05) is 11.9 Å². The Balaban J connectivity index is 2.02. The van der Waals surface area contributed by atoms with Crippen LogP contribution in [0.4, 0.5) is 0 Å². The summed E-state index contributed by atoms with van der Waals surface area (Å²) in [6, 6.07) is 0.559. The van der Waals surface area contributed by atoms with Crippen molar-refractivity contribution in [2.24, 2.45) is 5.41 Å². The third-order valence-electron chi connectivity index (χ3n) is 4.05. The van der Waals surface area contributed by atoms with E-state index in [9.17, 15) is 4.79 Å². The molecule has 0 radical (unpaired) electrons. The number of nitrogens with zero attached hydrogens (tertiary/aromatic N) is 1. The van der Waals surface area contributed by atoms with Crippen LogP contribution in [-0.4, -0.2) is 28.7 Å². The SMILES string of the molecule is CC1(C(=O)N(CCBr)C2CC2)CCCCC1. The maximum atomic E-state index is 12.6. The van der Waals surface area contributed by atoms with Gasteiger partial charge in [-0.15, -0.1) is 0 Å². The summed E-state index contributed by atoms with van der Waals surface area (Å²) in [5.74, 6) is 0.425. The van der Waals surface area contributed by atoms with Crippen LogP contribution in [-0.2, 0) is 4.79 Å². The maximum absolute atomic E-state index is 12.6. The Morgan fingerprint density at radius 1 is 1.31 bits per heavy atom. The monoisotopic (exact) mass is 287 g/mol. The third kappa shape index (κ3) is 2.61. The van der Waals surface area contributed by atoms with Crippen molar-refractivity contribution in [1.82, 2.24) is 4.90 Å². The molecule has 3 heteroatoms. The maximum Gasteiger partial charge on any atom is 0.228 e. The lowest BCUT2D eigenvalue weighted by Gasteiger charge is -2.37. The molecule has 0 unspecified atom stereocenters. The van der Waals surface area contributed by atoms with E-state index >= 15 is 0 Å². The van der Waals surface area contributed by atoms with Gasteiger partial charge in [-0.3, -0.25) is 4.79 Å². The van der Waals surface area contributed by atoms with Gasteiger partial charge < -0.3 is 4.90 Å². The molecule has 2 nitrogen and oxygen atoms in total. The minimum Gasteiger partial charge on any atom is -0.338 e. The van der Waals surface area contributed by atoms with Gasteiger partial charge in [-0.05, 0) is 25.7 Å². The summed E-state index contributed by atoms with van der Waals surface area (Å²) in [5, 5.41) is 0.908. The molecule has 0 bridgehead atoms. The Morgan fingerprint density at radius 3 is 2.44 bits per heavy atom. The molecule has 0 aromatic rings. The molecule has 0 N–H and O–H groups in total. The Bertz CT molecular complexity index is 257. The third-order valence-corrected chi connectivity index (χ3v) is 4.40. The lowest BCUT2D eigenvalue weighted by molar-refractivity contribution is -0.143. The molecule has 0 saturated heterocycles. The van der Waals surface area contributed by atoms with Gasteiger partial charge in [0.1, 0.15) is 0 Å². The van der Waals surface area contributed by atoms with Gasteiger partial charge in [0.2, 0.25) is 5.91 Å². The van der Waals surface area contributed by atoms with Crippen molar-refractivity contribution < 1.29 is 4.79 Å². The van der Waals surface area contributed by atoms with Crippen LogP contribution >= 0.6 is 15.9 Å². The van der Waals surface area contributed by atoms with Gasteiger partial charge in [0.25, 0.3) is 0 Å². The number of carbonyl (C=O) groups excluding carboxylic acids is 1. The van der Waals surface area contributed by atoms with Gasteiger partial charge in [-0.25, -0.2) is 0 Å². The molecule has 2 fully saturated rings. The van der Waals surface area contributed by atoms with E-state index in [1.165, 1.54) is 32.1 Å². The number of halogens is 1. The fourth-order valence-electron chi connectivity index (χ4n) is 2.82. The number of hydrogen-bond acceptors (Lipinski definition) is 1. The molecule has 0 atom stereocenters. The normalized spacial score (nSPS) is 24.1. The van der Waals surface area contributed by atoms with Gasteiger partial charge in [-0.1, -0.05) is 42.1 Å². The van der Waals surface area contributed by atoms with Gasteiger partial charge in [0.15, 0.2) is 0 Å². The fourth-order valence-corrected chi connectivity index (χ4v) is 3.20. The molecule has 2 aliphatic rings. The highest BCUT2D eigenvalue weighted by Gasteiger charge is 2.42. The molecular weight excluding hydrogens is 266 g/mol. The van der Waals surface area contributed by atoms with Crippen LogP contribution in [0.1, 0.15) is 51.9 Å². The molecule has 1 amide bonds. The topological polar surface area (TPSA) is 20.3 Å². The predicted octanol–water partition coefficient (Wildman–Crippen LogP) is 3.34. The van der Waals surface area contributed by atoms with Crippen LogP contribution in [0.15, 0.2) is 0 Å². The average Bonchev–Trinajstić information content (AvgIpc) is 3.10. The highest BCUT2D eigenvalue weighted by molar-refractivity contribution is 9.09. The zero-order valence-corrected chi connectivity index (χ0v) is 11.8. The lowest BCUT2D eigenvalue weighted by Crippen LogP contribution is -2.45. The molecule has 0 spiro atoms. The summed E-state index contributed by atoms with van der Waals surface area (Å²) in [5.41, 5.74) is -0.0526. The van der Waals surface area contributed by atoms with Crippen molar-refractivity contribution in [3.63, 3.8) is 0 Å². The first-order valence-corrected chi connectivity index (χ1v) is 7.66. The van der Waals surface area contributed by atoms with Crippen LogP contribution in [0.2, 0.25) is 0 Å². The van der Waals surface area contributed by atoms with E-state index in [2.05, 4.69) is 27.8 Å². The smallest absolute Gasteiger partial charge is 0.228 e.